The van der Waals surface area contributed by atoms with Crippen LogP contribution in [-0.2, 0) is 0 Å². The maximum Gasteiger partial charge on any atom is 0.291 e. The molecular formula is C20H15N3O2S. The molecule has 128 valence electrons. The summed E-state index contributed by atoms with van der Waals surface area (Å²) in [5.41, 5.74) is 1.66. The minimum absolute atomic E-state index is 0.154. The second-order valence-electron chi connectivity index (χ2n) is 5.58. The third-order valence-electron chi connectivity index (χ3n) is 3.76. The first-order valence-electron chi connectivity index (χ1n) is 8.05. The fourth-order valence-corrected chi connectivity index (χ4v) is 3.42. The van der Waals surface area contributed by atoms with Gasteiger partial charge in [0.1, 0.15) is 12.4 Å². The quantitative estimate of drug-likeness (QED) is 0.513. The summed E-state index contributed by atoms with van der Waals surface area (Å²) in [7, 11) is 0. The Hall–Kier alpha value is -3.25. The van der Waals surface area contributed by atoms with E-state index in [-0.39, 0.29) is 5.56 Å². The van der Waals surface area contributed by atoms with E-state index in [1.54, 1.807) is 6.08 Å². The van der Waals surface area contributed by atoms with Gasteiger partial charge < -0.3 is 4.74 Å². The first kappa shape index (κ1) is 16.2. The molecule has 0 amide bonds. The number of ether oxygens (including phenoxy) is 1. The van der Waals surface area contributed by atoms with Gasteiger partial charge in [0.05, 0.1) is 4.53 Å². The number of fused-ring (bicyclic) bond motifs is 1. The van der Waals surface area contributed by atoms with Crippen LogP contribution in [0.3, 0.4) is 0 Å². The highest BCUT2D eigenvalue weighted by atomic mass is 32.1. The number of thiazole rings is 1. The molecule has 0 radical (unpaired) electrons. The molecule has 2 heterocycles. The van der Waals surface area contributed by atoms with Crippen molar-refractivity contribution in [2.75, 3.05) is 6.61 Å². The number of benzene rings is 2. The largest absolute Gasteiger partial charge is 0.490 e. The first-order chi connectivity index (χ1) is 12.7. The van der Waals surface area contributed by atoms with Crippen molar-refractivity contribution in [3.8, 4) is 17.1 Å². The van der Waals surface area contributed by atoms with E-state index in [9.17, 15) is 4.79 Å². The lowest BCUT2D eigenvalue weighted by molar-refractivity contribution is 0.363. The molecule has 5 nitrogen and oxygen atoms in total. The highest BCUT2D eigenvalue weighted by molar-refractivity contribution is 7.15. The van der Waals surface area contributed by atoms with Crippen molar-refractivity contribution in [1.29, 1.82) is 0 Å². The lowest BCUT2D eigenvalue weighted by atomic mass is 10.2. The van der Waals surface area contributed by atoms with E-state index in [1.807, 2.05) is 60.7 Å². The zero-order chi connectivity index (χ0) is 17.9. The lowest BCUT2D eigenvalue weighted by Gasteiger charge is -2.02. The zero-order valence-electron chi connectivity index (χ0n) is 13.8. The molecule has 0 N–H and O–H groups in total. The van der Waals surface area contributed by atoms with Crippen LogP contribution in [-0.4, -0.2) is 21.2 Å². The van der Waals surface area contributed by atoms with Crippen molar-refractivity contribution in [1.82, 2.24) is 14.6 Å². The fourth-order valence-electron chi connectivity index (χ4n) is 2.51. The van der Waals surface area contributed by atoms with Crippen LogP contribution < -0.4 is 14.8 Å². The van der Waals surface area contributed by atoms with Gasteiger partial charge in [-0.05, 0) is 35.9 Å². The van der Waals surface area contributed by atoms with Crippen LogP contribution >= 0.6 is 11.3 Å². The molecule has 0 aliphatic rings. The molecule has 0 bridgehead atoms. The molecule has 0 aliphatic heterocycles. The third kappa shape index (κ3) is 3.14. The Labute approximate surface area is 153 Å². The molecule has 0 spiro atoms. The van der Waals surface area contributed by atoms with Gasteiger partial charge in [-0.15, -0.1) is 5.10 Å². The maximum atomic E-state index is 12.6. The smallest absolute Gasteiger partial charge is 0.291 e. The molecule has 0 atom stereocenters. The van der Waals surface area contributed by atoms with Gasteiger partial charge in [-0.25, -0.2) is 0 Å². The SMILES string of the molecule is C=CCOc1ccc(-c2nc3s/c(=C\c4ccccc4)c(=O)n3n2)cc1. The molecule has 0 aliphatic carbocycles. The van der Waals surface area contributed by atoms with E-state index in [0.717, 1.165) is 16.9 Å². The Morgan fingerprint density at radius 1 is 1.12 bits per heavy atom. The number of rotatable bonds is 5. The molecule has 0 unspecified atom stereocenters. The van der Waals surface area contributed by atoms with Crippen molar-refractivity contribution >= 4 is 22.4 Å². The maximum absolute atomic E-state index is 12.6. The summed E-state index contributed by atoms with van der Waals surface area (Å²) in [6.07, 6.45) is 3.55. The van der Waals surface area contributed by atoms with Gasteiger partial charge >= 0.3 is 0 Å². The van der Waals surface area contributed by atoms with Crippen molar-refractivity contribution in [3.05, 3.63) is 87.7 Å². The van der Waals surface area contributed by atoms with Crippen molar-refractivity contribution in [3.63, 3.8) is 0 Å². The third-order valence-corrected chi connectivity index (χ3v) is 4.72. The molecule has 2 aromatic heterocycles. The summed E-state index contributed by atoms with van der Waals surface area (Å²) < 4.78 is 7.44. The summed E-state index contributed by atoms with van der Waals surface area (Å²) in [5.74, 6) is 1.27. The average Bonchev–Trinajstić information content (AvgIpc) is 3.21. The Morgan fingerprint density at radius 2 is 1.88 bits per heavy atom. The van der Waals surface area contributed by atoms with Gasteiger partial charge in [-0.1, -0.05) is 54.3 Å². The molecule has 0 fully saturated rings. The normalized spacial score (nSPS) is 11.8. The minimum Gasteiger partial charge on any atom is -0.490 e. The molecule has 26 heavy (non-hydrogen) atoms. The molecule has 6 heteroatoms. The van der Waals surface area contributed by atoms with Gasteiger partial charge in [-0.3, -0.25) is 4.79 Å². The predicted octanol–water partition coefficient (Wildman–Crippen LogP) is 2.93. The summed E-state index contributed by atoms with van der Waals surface area (Å²) in [4.78, 5) is 17.6. The van der Waals surface area contributed by atoms with Crippen molar-refractivity contribution < 1.29 is 4.74 Å². The van der Waals surface area contributed by atoms with E-state index < -0.39 is 0 Å². The van der Waals surface area contributed by atoms with Gasteiger partial charge in [0, 0.05) is 5.56 Å². The predicted molar refractivity (Wildman–Crippen MR) is 103 cm³/mol. The second kappa shape index (κ2) is 6.93. The minimum atomic E-state index is -0.154. The van der Waals surface area contributed by atoms with Crippen LogP contribution in [0, 0.1) is 0 Å². The number of hydrogen-bond acceptors (Lipinski definition) is 5. The Balaban J connectivity index is 1.68. The highest BCUT2D eigenvalue weighted by Gasteiger charge is 2.12. The molecule has 0 saturated carbocycles. The molecule has 0 saturated heterocycles. The fraction of sp³-hybridized carbons (Fsp3) is 0.0500. The molecule has 4 rings (SSSR count). The van der Waals surface area contributed by atoms with Crippen LogP contribution in [0.2, 0.25) is 0 Å². The Kier molecular flexibility index (Phi) is 4.33. The summed E-state index contributed by atoms with van der Waals surface area (Å²) >= 11 is 1.33. The van der Waals surface area contributed by atoms with E-state index in [1.165, 1.54) is 15.9 Å². The van der Waals surface area contributed by atoms with Gasteiger partial charge in [0.15, 0.2) is 5.82 Å². The van der Waals surface area contributed by atoms with Gasteiger partial charge in [0.25, 0.3) is 5.56 Å². The van der Waals surface area contributed by atoms with Crippen LogP contribution in [0.4, 0.5) is 0 Å². The average molecular weight is 361 g/mol. The summed E-state index contributed by atoms with van der Waals surface area (Å²) in [6.45, 7) is 4.08. The van der Waals surface area contributed by atoms with Crippen LogP contribution in [0.5, 0.6) is 5.75 Å². The first-order valence-corrected chi connectivity index (χ1v) is 8.87. The lowest BCUT2D eigenvalue weighted by Crippen LogP contribution is -2.23. The van der Waals surface area contributed by atoms with Gasteiger partial charge in [-0.2, -0.15) is 9.50 Å². The summed E-state index contributed by atoms with van der Waals surface area (Å²) in [5, 5.41) is 4.36. The molecule has 2 aromatic carbocycles. The zero-order valence-corrected chi connectivity index (χ0v) is 14.6. The van der Waals surface area contributed by atoms with Crippen molar-refractivity contribution in [2.24, 2.45) is 0 Å². The number of hydrogen-bond donors (Lipinski definition) is 0. The van der Waals surface area contributed by atoms with E-state index >= 15 is 0 Å². The van der Waals surface area contributed by atoms with E-state index in [2.05, 4.69) is 16.7 Å². The topological polar surface area (TPSA) is 56.5 Å². The van der Waals surface area contributed by atoms with E-state index in [0.29, 0.717) is 21.9 Å². The highest BCUT2D eigenvalue weighted by Crippen LogP contribution is 2.20. The van der Waals surface area contributed by atoms with Crippen LogP contribution in [0.1, 0.15) is 5.56 Å². The van der Waals surface area contributed by atoms with Crippen molar-refractivity contribution in [2.45, 2.75) is 0 Å². The van der Waals surface area contributed by atoms with Crippen LogP contribution in [0.15, 0.2) is 72.0 Å². The Morgan fingerprint density at radius 3 is 2.58 bits per heavy atom. The molecule has 4 aromatic rings. The monoisotopic (exact) mass is 361 g/mol. The Bertz CT molecular complexity index is 1160. The molecular weight excluding hydrogens is 346 g/mol. The number of nitrogens with zero attached hydrogens (tertiary/aromatic N) is 3. The summed E-state index contributed by atoms with van der Waals surface area (Å²) in [6, 6.07) is 17.2. The second-order valence-corrected chi connectivity index (χ2v) is 6.59. The van der Waals surface area contributed by atoms with Crippen LogP contribution in [0.25, 0.3) is 22.4 Å². The number of aromatic nitrogens is 3. The standard InChI is InChI=1S/C20H15N3O2S/c1-2-12-25-16-10-8-15(9-11-16)18-21-20-23(22-18)19(24)17(26-20)13-14-6-4-3-5-7-14/h2-11,13H,1,12H2/b17-13-. The van der Waals surface area contributed by atoms with Gasteiger partial charge in [0.2, 0.25) is 4.96 Å². The van der Waals surface area contributed by atoms with E-state index in [4.69, 9.17) is 4.74 Å².